The minimum atomic E-state index is 0.381. The van der Waals surface area contributed by atoms with Crippen LogP contribution in [0.25, 0.3) is 0 Å². The molecular weight excluding hydrogens is 222 g/mol. The predicted octanol–water partition coefficient (Wildman–Crippen LogP) is 3.92. The monoisotopic (exact) mass is 247 g/mol. The highest BCUT2D eigenvalue weighted by Crippen LogP contribution is 2.36. The molecule has 0 aromatic heterocycles. The summed E-state index contributed by atoms with van der Waals surface area (Å²) in [6, 6.07) is 8.89. The molecule has 18 heavy (non-hydrogen) atoms. The van der Waals surface area contributed by atoms with Gasteiger partial charge in [-0.05, 0) is 50.3 Å². The summed E-state index contributed by atoms with van der Waals surface area (Å²) in [5.74, 6) is 1.54. The third-order valence-corrected chi connectivity index (χ3v) is 3.53. The van der Waals surface area contributed by atoms with Crippen LogP contribution in [0, 0.1) is 5.92 Å². The third-order valence-electron chi connectivity index (χ3n) is 3.53. The van der Waals surface area contributed by atoms with Gasteiger partial charge in [-0.25, -0.2) is 0 Å². The van der Waals surface area contributed by atoms with Gasteiger partial charge in [-0.3, -0.25) is 0 Å². The first-order valence-corrected chi connectivity index (χ1v) is 6.99. The van der Waals surface area contributed by atoms with E-state index in [9.17, 15) is 0 Å². The first kappa shape index (κ1) is 13.4. The highest BCUT2D eigenvalue weighted by atomic mass is 16.5. The van der Waals surface area contributed by atoms with E-state index in [-0.39, 0.29) is 0 Å². The molecule has 0 spiro atoms. The summed E-state index contributed by atoms with van der Waals surface area (Å²) < 4.78 is 5.70. The molecule has 0 aliphatic heterocycles. The molecule has 100 valence electrons. The van der Waals surface area contributed by atoms with Crippen LogP contribution in [0.5, 0.6) is 5.75 Å². The summed E-state index contributed by atoms with van der Waals surface area (Å²) in [4.78, 5) is 0. The molecule has 0 amide bonds. The second-order valence-corrected chi connectivity index (χ2v) is 6.20. The first-order valence-electron chi connectivity index (χ1n) is 6.99. The zero-order valence-corrected chi connectivity index (χ0v) is 12.0. The maximum absolute atomic E-state index is 5.70. The fourth-order valence-electron chi connectivity index (χ4n) is 2.05. The summed E-state index contributed by atoms with van der Waals surface area (Å²) in [6.45, 7) is 9.63. The van der Waals surface area contributed by atoms with E-state index < -0.39 is 0 Å². The van der Waals surface area contributed by atoms with Gasteiger partial charge < -0.3 is 10.1 Å². The fourth-order valence-corrected chi connectivity index (χ4v) is 2.05. The topological polar surface area (TPSA) is 21.3 Å². The molecule has 1 N–H and O–H groups in total. The van der Waals surface area contributed by atoms with Crippen molar-refractivity contribution in [2.75, 3.05) is 6.61 Å². The zero-order valence-electron chi connectivity index (χ0n) is 12.0. The molecule has 1 saturated carbocycles. The molecule has 0 bridgehead atoms. The molecule has 2 nitrogen and oxygen atoms in total. The van der Waals surface area contributed by atoms with Gasteiger partial charge in [-0.15, -0.1) is 0 Å². The molecule has 1 fully saturated rings. The Morgan fingerprint density at radius 2 is 1.78 bits per heavy atom. The highest BCUT2D eigenvalue weighted by Gasteiger charge is 2.37. The Hall–Kier alpha value is -1.02. The lowest BCUT2D eigenvalue weighted by Gasteiger charge is -2.20. The lowest BCUT2D eigenvalue weighted by atomic mass is 10.1. The zero-order chi connectivity index (χ0) is 13.2. The second-order valence-electron chi connectivity index (χ2n) is 6.20. The Morgan fingerprint density at radius 3 is 2.28 bits per heavy atom. The van der Waals surface area contributed by atoms with Crippen LogP contribution in [0.2, 0.25) is 0 Å². The Bertz CT molecular complexity index is 379. The largest absolute Gasteiger partial charge is 0.493 e. The maximum Gasteiger partial charge on any atom is 0.119 e. The molecule has 1 aromatic rings. The van der Waals surface area contributed by atoms with Gasteiger partial charge in [0.1, 0.15) is 5.75 Å². The molecule has 0 heterocycles. The van der Waals surface area contributed by atoms with E-state index in [0.717, 1.165) is 12.4 Å². The fraction of sp³-hybridized carbons (Fsp3) is 0.625. The second kappa shape index (κ2) is 5.31. The number of ether oxygens (including phenoxy) is 1. The van der Waals surface area contributed by atoms with Gasteiger partial charge >= 0.3 is 0 Å². The number of hydrogen-bond donors (Lipinski definition) is 1. The van der Waals surface area contributed by atoms with Crippen LogP contribution < -0.4 is 10.1 Å². The molecule has 0 radical (unpaired) electrons. The van der Waals surface area contributed by atoms with Gasteiger partial charge in [0.2, 0.25) is 0 Å². The van der Waals surface area contributed by atoms with Gasteiger partial charge in [0.15, 0.2) is 0 Å². The molecule has 1 aliphatic rings. The first-order chi connectivity index (χ1) is 8.48. The van der Waals surface area contributed by atoms with E-state index >= 15 is 0 Å². The SMILES string of the molecule is CC(C)COc1ccc(C(C)NC2(C)CC2)cc1. The standard InChI is InChI=1S/C16H25NO/c1-12(2)11-18-15-7-5-14(6-8-15)13(3)17-16(4)9-10-16/h5-8,12-13,17H,9-11H2,1-4H3. The highest BCUT2D eigenvalue weighted by molar-refractivity contribution is 5.29. The molecular formula is C16H25NO. The van der Waals surface area contributed by atoms with Crippen LogP contribution in [-0.2, 0) is 0 Å². The summed E-state index contributed by atoms with van der Waals surface area (Å²) in [7, 11) is 0. The minimum Gasteiger partial charge on any atom is -0.493 e. The van der Waals surface area contributed by atoms with Crippen LogP contribution >= 0.6 is 0 Å². The van der Waals surface area contributed by atoms with Gasteiger partial charge in [-0.1, -0.05) is 26.0 Å². The number of rotatable bonds is 6. The molecule has 1 unspecified atom stereocenters. The van der Waals surface area contributed by atoms with Crippen molar-refractivity contribution in [1.82, 2.24) is 5.32 Å². The van der Waals surface area contributed by atoms with Crippen molar-refractivity contribution >= 4 is 0 Å². The summed E-state index contributed by atoms with van der Waals surface area (Å²) >= 11 is 0. The van der Waals surface area contributed by atoms with Gasteiger partial charge in [-0.2, -0.15) is 0 Å². The van der Waals surface area contributed by atoms with E-state index in [1.54, 1.807) is 0 Å². The van der Waals surface area contributed by atoms with Crippen molar-refractivity contribution in [1.29, 1.82) is 0 Å². The molecule has 1 atom stereocenters. The average Bonchev–Trinajstić information content (AvgIpc) is 3.04. The average molecular weight is 247 g/mol. The van der Waals surface area contributed by atoms with Crippen molar-refractivity contribution in [2.45, 2.75) is 52.1 Å². The van der Waals surface area contributed by atoms with Crippen LogP contribution in [0.4, 0.5) is 0 Å². The predicted molar refractivity (Wildman–Crippen MR) is 76.0 cm³/mol. The van der Waals surface area contributed by atoms with Gasteiger partial charge in [0.25, 0.3) is 0 Å². The van der Waals surface area contributed by atoms with E-state index in [4.69, 9.17) is 4.74 Å². The van der Waals surface area contributed by atoms with Crippen LogP contribution in [0.3, 0.4) is 0 Å². The Labute approximate surface area is 111 Å². The molecule has 2 heteroatoms. The summed E-state index contributed by atoms with van der Waals surface area (Å²) in [5.41, 5.74) is 1.71. The number of benzene rings is 1. The van der Waals surface area contributed by atoms with Crippen molar-refractivity contribution in [3.05, 3.63) is 29.8 Å². The normalized spacial score (nSPS) is 18.7. The maximum atomic E-state index is 5.70. The summed E-state index contributed by atoms with van der Waals surface area (Å²) in [5, 5.41) is 3.68. The van der Waals surface area contributed by atoms with Crippen LogP contribution in [-0.4, -0.2) is 12.1 Å². The molecule has 1 aromatic carbocycles. The lowest BCUT2D eigenvalue weighted by molar-refractivity contribution is 0.271. The van der Waals surface area contributed by atoms with Crippen molar-refractivity contribution < 1.29 is 4.74 Å². The molecule has 2 rings (SSSR count). The van der Waals surface area contributed by atoms with E-state index in [1.807, 2.05) is 0 Å². The molecule has 1 aliphatic carbocycles. The summed E-state index contributed by atoms with van der Waals surface area (Å²) in [6.07, 6.45) is 2.60. The molecule has 0 saturated heterocycles. The van der Waals surface area contributed by atoms with E-state index in [0.29, 0.717) is 17.5 Å². The van der Waals surface area contributed by atoms with Crippen molar-refractivity contribution in [2.24, 2.45) is 5.92 Å². The minimum absolute atomic E-state index is 0.381. The van der Waals surface area contributed by atoms with E-state index in [2.05, 4.69) is 57.3 Å². The van der Waals surface area contributed by atoms with Crippen LogP contribution in [0.15, 0.2) is 24.3 Å². The lowest BCUT2D eigenvalue weighted by Crippen LogP contribution is -2.30. The number of nitrogens with one attached hydrogen (secondary N) is 1. The van der Waals surface area contributed by atoms with Gasteiger partial charge in [0, 0.05) is 11.6 Å². The Kier molecular flexibility index (Phi) is 3.96. The third kappa shape index (κ3) is 3.74. The van der Waals surface area contributed by atoms with Crippen molar-refractivity contribution in [3.63, 3.8) is 0 Å². The van der Waals surface area contributed by atoms with Crippen molar-refractivity contribution in [3.8, 4) is 5.75 Å². The Balaban J connectivity index is 1.90. The van der Waals surface area contributed by atoms with Gasteiger partial charge in [0.05, 0.1) is 6.61 Å². The van der Waals surface area contributed by atoms with Crippen LogP contribution in [0.1, 0.15) is 52.1 Å². The Morgan fingerprint density at radius 1 is 1.17 bits per heavy atom. The smallest absolute Gasteiger partial charge is 0.119 e. The number of hydrogen-bond acceptors (Lipinski definition) is 2. The van der Waals surface area contributed by atoms with E-state index in [1.165, 1.54) is 18.4 Å². The quantitative estimate of drug-likeness (QED) is 0.822.